The van der Waals surface area contributed by atoms with Crippen molar-refractivity contribution in [2.45, 2.75) is 19.4 Å². The van der Waals surface area contributed by atoms with Gasteiger partial charge in [-0.05, 0) is 24.6 Å². The van der Waals surface area contributed by atoms with Crippen molar-refractivity contribution in [3.05, 3.63) is 30.1 Å². The third kappa shape index (κ3) is 4.97. The van der Waals surface area contributed by atoms with Crippen LogP contribution in [0.3, 0.4) is 0 Å². The maximum Gasteiger partial charge on any atom is 0.139 e. The number of nitrogens with two attached hydrogens (primary N) is 1. The first-order chi connectivity index (χ1) is 7.33. The first kappa shape index (κ1) is 11.5. The monoisotopic (exact) mass is 208 g/mol. The molecule has 0 atom stereocenters. The van der Waals surface area contributed by atoms with E-state index in [0.29, 0.717) is 6.42 Å². The van der Waals surface area contributed by atoms with Gasteiger partial charge in [0.15, 0.2) is 0 Å². The molecule has 0 spiro atoms. The van der Waals surface area contributed by atoms with Crippen LogP contribution < -0.4 is 11.1 Å². The number of rotatable bonds is 6. The molecule has 0 fully saturated rings. The van der Waals surface area contributed by atoms with Gasteiger partial charge in [0.05, 0.1) is 0 Å². The molecule has 0 unspecified atom stereocenters. The van der Waals surface area contributed by atoms with Gasteiger partial charge in [-0.2, -0.15) is 0 Å². The molecule has 0 aliphatic heterocycles. The smallest absolute Gasteiger partial charge is 0.139 e. The zero-order valence-electron chi connectivity index (χ0n) is 8.56. The second kappa shape index (κ2) is 6.78. The molecule has 1 rings (SSSR count). The lowest BCUT2D eigenvalue weighted by Gasteiger charge is -2.03. The van der Waals surface area contributed by atoms with Crippen LogP contribution in [0, 0.1) is 0 Å². The van der Waals surface area contributed by atoms with Crippen molar-refractivity contribution in [2.75, 3.05) is 6.54 Å². The fraction of sp³-hybridized carbons (Fsp3) is 0.400. The molecule has 0 radical (unpaired) electrons. The molecule has 0 bridgehead atoms. The largest absolute Gasteiger partial charge is 0.409 e. The second-order valence-electron chi connectivity index (χ2n) is 3.23. The number of amidine groups is 1. The maximum atomic E-state index is 8.30. The highest BCUT2D eigenvalue weighted by atomic mass is 16.4. The topological polar surface area (TPSA) is 83.5 Å². The Morgan fingerprint density at radius 3 is 3.13 bits per heavy atom. The molecule has 0 saturated carbocycles. The third-order valence-corrected chi connectivity index (χ3v) is 1.97. The molecular weight excluding hydrogens is 192 g/mol. The fourth-order valence-corrected chi connectivity index (χ4v) is 1.18. The van der Waals surface area contributed by atoms with Crippen LogP contribution in [0.15, 0.2) is 29.7 Å². The van der Waals surface area contributed by atoms with Crippen LogP contribution in [0.2, 0.25) is 0 Å². The van der Waals surface area contributed by atoms with E-state index in [4.69, 9.17) is 10.9 Å². The summed E-state index contributed by atoms with van der Waals surface area (Å²) in [7, 11) is 0. The third-order valence-electron chi connectivity index (χ3n) is 1.97. The summed E-state index contributed by atoms with van der Waals surface area (Å²) >= 11 is 0. The zero-order valence-corrected chi connectivity index (χ0v) is 8.56. The van der Waals surface area contributed by atoms with Gasteiger partial charge in [0, 0.05) is 25.4 Å². The lowest BCUT2D eigenvalue weighted by atomic mass is 10.2. The predicted octanol–water partition coefficient (Wildman–Crippen LogP) is 0.698. The van der Waals surface area contributed by atoms with Gasteiger partial charge in [0.2, 0.25) is 0 Å². The Morgan fingerprint density at radius 2 is 2.47 bits per heavy atom. The van der Waals surface area contributed by atoms with Gasteiger partial charge in [-0.3, -0.25) is 4.98 Å². The van der Waals surface area contributed by atoms with Gasteiger partial charge in [-0.15, -0.1) is 0 Å². The molecule has 82 valence electrons. The number of hydrogen-bond acceptors (Lipinski definition) is 4. The highest BCUT2D eigenvalue weighted by Gasteiger charge is 1.94. The summed E-state index contributed by atoms with van der Waals surface area (Å²) < 4.78 is 0. The summed E-state index contributed by atoms with van der Waals surface area (Å²) in [5.41, 5.74) is 6.48. The molecule has 0 aliphatic carbocycles. The van der Waals surface area contributed by atoms with Crippen LogP contribution in [0.4, 0.5) is 0 Å². The Labute approximate surface area is 89.0 Å². The van der Waals surface area contributed by atoms with Gasteiger partial charge in [-0.1, -0.05) is 11.2 Å². The molecule has 1 aromatic heterocycles. The van der Waals surface area contributed by atoms with E-state index < -0.39 is 0 Å². The Bertz CT molecular complexity index is 300. The quantitative estimate of drug-likeness (QED) is 0.211. The maximum absolute atomic E-state index is 8.30. The standard InChI is InChI=1S/C10H16N4O/c11-10(14-15)4-2-6-13-8-9-3-1-5-12-7-9/h1,3,5,7,13,15H,2,4,6,8H2,(H2,11,14). The van der Waals surface area contributed by atoms with E-state index in [0.717, 1.165) is 25.1 Å². The number of oxime groups is 1. The first-order valence-electron chi connectivity index (χ1n) is 4.89. The number of hydrogen-bond donors (Lipinski definition) is 3. The van der Waals surface area contributed by atoms with Gasteiger partial charge in [-0.25, -0.2) is 0 Å². The average molecular weight is 208 g/mol. The summed E-state index contributed by atoms with van der Waals surface area (Å²) in [5, 5.41) is 14.5. The van der Waals surface area contributed by atoms with Gasteiger partial charge in [0.1, 0.15) is 5.84 Å². The van der Waals surface area contributed by atoms with E-state index in [1.165, 1.54) is 0 Å². The van der Waals surface area contributed by atoms with Crippen molar-refractivity contribution in [3.63, 3.8) is 0 Å². The number of pyridine rings is 1. The molecule has 5 nitrogen and oxygen atoms in total. The molecule has 1 aromatic rings. The lowest BCUT2D eigenvalue weighted by molar-refractivity contribution is 0.316. The molecule has 0 aromatic carbocycles. The van der Waals surface area contributed by atoms with E-state index in [-0.39, 0.29) is 5.84 Å². The minimum absolute atomic E-state index is 0.276. The van der Waals surface area contributed by atoms with Crippen molar-refractivity contribution in [1.29, 1.82) is 0 Å². The highest BCUT2D eigenvalue weighted by molar-refractivity contribution is 5.79. The Morgan fingerprint density at radius 1 is 1.60 bits per heavy atom. The minimum Gasteiger partial charge on any atom is -0.409 e. The molecule has 1 heterocycles. The second-order valence-corrected chi connectivity index (χ2v) is 3.23. The van der Waals surface area contributed by atoms with Crippen molar-refractivity contribution in [1.82, 2.24) is 10.3 Å². The van der Waals surface area contributed by atoms with E-state index >= 15 is 0 Å². The van der Waals surface area contributed by atoms with Crippen LogP contribution in [-0.4, -0.2) is 22.6 Å². The zero-order chi connectivity index (χ0) is 10.9. The molecule has 5 heteroatoms. The molecule has 15 heavy (non-hydrogen) atoms. The van der Waals surface area contributed by atoms with Crippen LogP contribution in [0.1, 0.15) is 18.4 Å². The van der Waals surface area contributed by atoms with E-state index in [9.17, 15) is 0 Å². The number of nitrogens with one attached hydrogen (secondary N) is 1. The van der Waals surface area contributed by atoms with Crippen LogP contribution >= 0.6 is 0 Å². The summed E-state index contributed by atoms with van der Waals surface area (Å²) in [5.74, 6) is 0.276. The number of aromatic nitrogens is 1. The summed E-state index contributed by atoms with van der Waals surface area (Å²) in [6.07, 6.45) is 5.05. The highest BCUT2D eigenvalue weighted by Crippen LogP contribution is 1.94. The van der Waals surface area contributed by atoms with Gasteiger partial charge in [0.25, 0.3) is 0 Å². The van der Waals surface area contributed by atoms with E-state index in [2.05, 4.69) is 15.5 Å². The minimum atomic E-state index is 0.276. The fourth-order valence-electron chi connectivity index (χ4n) is 1.18. The molecule has 0 saturated heterocycles. The normalized spacial score (nSPS) is 11.6. The van der Waals surface area contributed by atoms with Gasteiger partial charge < -0.3 is 16.3 Å². The van der Waals surface area contributed by atoms with Gasteiger partial charge >= 0.3 is 0 Å². The SMILES string of the molecule is NC(CCCNCc1cccnc1)=NO. The van der Waals surface area contributed by atoms with Crippen molar-refractivity contribution in [2.24, 2.45) is 10.9 Å². The molecule has 4 N–H and O–H groups in total. The predicted molar refractivity (Wildman–Crippen MR) is 58.6 cm³/mol. The van der Waals surface area contributed by atoms with Crippen LogP contribution in [0.25, 0.3) is 0 Å². The Kier molecular flexibility index (Phi) is 5.18. The van der Waals surface area contributed by atoms with Crippen molar-refractivity contribution >= 4 is 5.84 Å². The molecule has 0 amide bonds. The Balaban J connectivity index is 2.08. The van der Waals surface area contributed by atoms with Crippen molar-refractivity contribution < 1.29 is 5.21 Å². The molecule has 0 aliphatic rings. The Hall–Kier alpha value is -1.62. The summed E-state index contributed by atoms with van der Waals surface area (Å²) in [6, 6.07) is 3.93. The van der Waals surface area contributed by atoms with Crippen molar-refractivity contribution in [3.8, 4) is 0 Å². The van der Waals surface area contributed by atoms with Crippen LogP contribution in [0.5, 0.6) is 0 Å². The van der Waals surface area contributed by atoms with Crippen LogP contribution in [-0.2, 0) is 6.54 Å². The van der Waals surface area contributed by atoms with E-state index in [1.54, 1.807) is 6.20 Å². The summed E-state index contributed by atoms with van der Waals surface area (Å²) in [4.78, 5) is 4.01. The van der Waals surface area contributed by atoms with E-state index in [1.807, 2.05) is 18.3 Å². The number of nitrogens with zero attached hydrogens (tertiary/aromatic N) is 2. The summed E-state index contributed by atoms with van der Waals surface area (Å²) in [6.45, 7) is 1.63. The molecular formula is C10H16N4O. The lowest BCUT2D eigenvalue weighted by Crippen LogP contribution is -2.18. The first-order valence-corrected chi connectivity index (χ1v) is 4.89. The average Bonchev–Trinajstić information content (AvgIpc) is 2.29.